The van der Waals surface area contributed by atoms with E-state index in [0.29, 0.717) is 11.1 Å². The van der Waals surface area contributed by atoms with Crippen molar-refractivity contribution in [3.63, 3.8) is 0 Å². The van der Waals surface area contributed by atoms with E-state index in [2.05, 4.69) is 15.8 Å². The number of nitrogens with zero attached hydrogens (tertiary/aromatic N) is 3. The molecule has 150 valence electrons. The number of anilines is 1. The van der Waals surface area contributed by atoms with E-state index < -0.39 is 5.91 Å². The second-order valence-electron chi connectivity index (χ2n) is 7.00. The first kappa shape index (κ1) is 19.2. The molecular weight excluding hydrogens is 378 g/mol. The van der Waals surface area contributed by atoms with E-state index in [9.17, 15) is 9.59 Å². The molecular formula is C23H21N5O2. The zero-order chi connectivity index (χ0) is 21.1. The number of imidazole rings is 1. The van der Waals surface area contributed by atoms with Gasteiger partial charge in [0, 0.05) is 36.6 Å². The third-order valence-electron chi connectivity index (χ3n) is 4.78. The summed E-state index contributed by atoms with van der Waals surface area (Å²) >= 11 is 0. The molecule has 1 heterocycles. The predicted molar refractivity (Wildman–Crippen MR) is 117 cm³/mol. The van der Waals surface area contributed by atoms with E-state index in [1.54, 1.807) is 36.7 Å². The first-order valence-corrected chi connectivity index (χ1v) is 9.43. The van der Waals surface area contributed by atoms with Crippen molar-refractivity contribution in [1.29, 1.82) is 0 Å². The molecule has 3 aromatic carbocycles. The number of carbonyl (C=O) groups is 2. The number of fused-ring (bicyclic) bond motifs is 1. The number of aromatic nitrogens is 2. The maximum absolute atomic E-state index is 12.4. The molecule has 0 aliphatic rings. The van der Waals surface area contributed by atoms with Gasteiger partial charge in [0.15, 0.2) is 0 Å². The van der Waals surface area contributed by atoms with Crippen molar-refractivity contribution >= 4 is 28.5 Å². The van der Waals surface area contributed by atoms with Crippen LogP contribution in [0.5, 0.6) is 0 Å². The van der Waals surface area contributed by atoms with Gasteiger partial charge < -0.3 is 4.90 Å². The molecule has 0 atom stereocenters. The first-order valence-electron chi connectivity index (χ1n) is 9.43. The molecule has 0 radical (unpaired) electrons. The Morgan fingerprint density at radius 3 is 2.27 bits per heavy atom. The lowest BCUT2D eigenvalue weighted by molar-refractivity contribution is 0.0846. The van der Waals surface area contributed by atoms with Crippen molar-refractivity contribution in [2.24, 2.45) is 0 Å². The van der Waals surface area contributed by atoms with Gasteiger partial charge in [0.1, 0.15) is 6.33 Å². The van der Waals surface area contributed by atoms with Gasteiger partial charge in [-0.2, -0.15) is 0 Å². The van der Waals surface area contributed by atoms with Crippen molar-refractivity contribution in [2.45, 2.75) is 0 Å². The minimum absolute atomic E-state index is 0.381. The van der Waals surface area contributed by atoms with Gasteiger partial charge in [-0.3, -0.25) is 25.0 Å². The summed E-state index contributed by atoms with van der Waals surface area (Å²) in [4.78, 5) is 31.0. The molecule has 0 bridgehead atoms. The molecule has 0 saturated heterocycles. The number of amides is 2. The Bertz CT molecular complexity index is 1210. The van der Waals surface area contributed by atoms with Crippen molar-refractivity contribution in [3.8, 4) is 5.69 Å². The van der Waals surface area contributed by atoms with Crippen LogP contribution in [0.25, 0.3) is 16.7 Å². The molecule has 0 saturated carbocycles. The number of hydrazine groups is 1. The summed E-state index contributed by atoms with van der Waals surface area (Å²) in [5.74, 6) is -0.775. The normalized spacial score (nSPS) is 10.6. The fourth-order valence-electron chi connectivity index (χ4n) is 3.12. The smallest absolute Gasteiger partial charge is 0.269 e. The van der Waals surface area contributed by atoms with Gasteiger partial charge in [-0.05, 0) is 54.6 Å². The average Bonchev–Trinajstić information content (AvgIpc) is 3.21. The lowest BCUT2D eigenvalue weighted by Crippen LogP contribution is -2.41. The summed E-state index contributed by atoms with van der Waals surface area (Å²) in [5.41, 5.74) is 9.50. The number of benzene rings is 3. The zero-order valence-electron chi connectivity index (χ0n) is 16.7. The Balaban J connectivity index is 1.43. The van der Waals surface area contributed by atoms with E-state index >= 15 is 0 Å². The van der Waals surface area contributed by atoms with Gasteiger partial charge in [-0.1, -0.05) is 18.2 Å². The number of para-hydroxylation sites is 2. The second kappa shape index (κ2) is 8.08. The van der Waals surface area contributed by atoms with Crippen LogP contribution in [0.1, 0.15) is 20.7 Å². The van der Waals surface area contributed by atoms with Crippen LogP contribution in [0.15, 0.2) is 79.1 Å². The van der Waals surface area contributed by atoms with Crippen LogP contribution >= 0.6 is 0 Å². The zero-order valence-corrected chi connectivity index (χ0v) is 16.7. The van der Waals surface area contributed by atoms with Crippen LogP contribution < -0.4 is 15.8 Å². The third kappa shape index (κ3) is 3.86. The molecule has 4 aromatic rings. The van der Waals surface area contributed by atoms with Gasteiger partial charge >= 0.3 is 0 Å². The SMILES string of the molecule is CN(C)c1cccc(C(=O)NNC(=O)c2ccc(-n3cnc4ccccc43)cc2)c1. The topological polar surface area (TPSA) is 79.3 Å². The molecule has 0 spiro atoms. The fourth-order valence-corrected chi connectivity index (χ4v) is 3.12. The Morgan fingerprint density at radius 2 is 1.53 bits per heavy atom. The molecule has 7 heteroatoms. The van der Waals surface area contributed by atoms with E-state index in [4.69, 9.17) is 0 Å². The highest BCUT2D eigenvalue weighted by atomic mass is 16.2. The van der Waals surface area contributed by atoms with Crippen molar-refractivity contribution < 1.29 is 9.59 Å². The molecule has 30 heavy (non-hydrogen) atoms. The third-order valence-corrected chi connectivity index (χ3v) is 4.78. The molecule has 1 aromatic heterocycles. The molecule has 0 aliphatic carbocycles. The van der Waals surface area contributed by atoms with Crippen LogP contribution in [0.3, 0.4) is 0 Å². The summed E-state index contributed by atoms with van der Waals surface area (Å²) in [6.07, 6.45) is 1.75. The quantitative estimate of drug-likeness (QED) is 0.517. The lowest BCUT2D eigenvalue weighted by Gasteiger charge is -2.13. The van der Waals surface area contributed by atoms with Gasteiger partial charge in [0.2, 0.25) is 0 Å². The fraction of sp³-hybridized carbons (Fsp3) is 0.0870. The minimum Gasteiger partial charge on any atom is -0.378 e. The first-order chi connectivity index (χ1) is 14.5. The largest absolute Gasteiger partial charge is 0.378 e. The van der Waals surface area contributed by atoms with Crippen molar-refractivity contribution in [3.05, 3.63) is 90.3 Å². The van der Waals surface area contributed by atoms with Crippen LogP contribution in [0, 0.1) is 0 Å². The van der Waals surface area contributed by atoms with Gasteiger partial charge in [-0.15, -0.1) is 0 Å². The van der Waals surface area contributed by atoms with Gasteiger partial charge in [0.25, 0.3) is 11.8 Å². The van der Waals surface area contributed by atoms with Crippen LogP contribution in [0.4, 0.5) is 5.69 Å². The Morgan fingerprint density at radius 1 is 0.833 bits per heavy atom. The van der Waals surface area contributed by atoms with Crippen molar-refractivity contribution in [1.82, 2.24) is 20.4 Å². The molecule has 2 amide bonds. The Labute approximate surface area is 173 Å². The van der Waals surface area contributed by atoms with Gasteiger partial charge in [0.05, 0.1) is 11.0 Å². The van der Waals surface area contributed by atoms with E-state index in [-0.39, 0.29) is 5.91 Å². The summed E-state index contributed by atoms with van der Waals surface area (Å²) in [6.45, 7) is 0. The van der Waals surface area contributed by atoms with Crippen molar-refractivity contribution in [2.75, 3.05) is 19.0 Å². The maximum atomic E-state index is 12.4. The van der Waals surface area contributed by atoms with Crippen LogP contribution in [-0.4, -0.2) is 35.5 Å². The number of hydrogen-bond donors (Lipinski definition) is 2. The maximum Gasteiger partial charge on any atom is 0.269 e. The second-order valence-corrected chi connectivity index (χ2v) is 7.00. The van der Waals surface area contributed by atoms with Crippen LogP contribution in [-0.2, 0) is 0 Å². The lowest BCUT2D eigenvalue weighted by atomic mass is 10.2. The Kier molecular flexibility index (Phi) is 5.17. The standard InChI is InChI=1S/C23H21N5O2/c1-27(2)19-7-5-6-17(14-19)23(30)26-25-22(29)16-10-12-18(13-11-16)28-15-24-20-8-3-4-9-21(20)28/h3-15H,1-2H3,(H,25,29)(H,26,30). The molecule has 0 fully saturated rings. The molecule has 0 aliphatic heterocycles. The summed E-state index contributed by atoms with van der Waals surface area (Å²) in [5, 5.41) is 0. The van der Waals surface area contributed by atoms with E-state index in [0.717, 1.165) is 22.4 Å². The predicted octanol–water partition coefficient (Wildman–Crippen LogP) is 3.17. The molecule has 4 rings (SSSR count). The number of carbonyl (C=O) groups excluding carboxylic acids is 2. The average molecular weight is 399 g/mol. The van der Waals surface area contributed by atoms with Crippen LogP contribution in [0.2, 0.25) is 0 Å². The monoisotopic (exact) mass is 399 g/mol. The van der Waals surface area contributed by atoms with E-state index in [1.165, 1.54) is 0 Å². The van der Waals surface area contributed by atoms with E-state index in [1.807, 2.05) is 66.0 Å². The Hall–Kier alpha value is -4.13. The highest BCUT2D eigenvalue weighted by Gasteiger charge is 2.11. The number of hydrogen-bond acceptors (Lipinski definition) is 4. The molecule has 7 nitrogen and oxygen atoms in total. The highest BCUT2D eigenvalue weighted by molar-refractivity contribution is 5.99. The highest BCUT2D eigenvalue weighted by Crippen LogP contribution is 2.18. The molecule has 0 unspecified atom stereocenters. The number of rotatable bonds is 4. The summed E-state index contributed by atoms with van der Waals surface area (Å²) in [7, 11) is 3.80. The summed E-state index contributed by atoms with van der Waals surface area (Å²) < 4.78 is 1.95. The number of nitrogens with one attached hydrogen (secondary N) is 2. The summed E-state index contributed by atoms with van der Waals surface area (Å²) in [6, 6.07) is 22.1. The molecule has 2 N–H and O–H groups in total. The minimum atomic E-state index is -0.394. The van der Waals surface area contributed by atoms with Gasteiger partial charge in [-0.25, -0.2) is 4.98 Å².